The Morgan fingerprint density at radius 3 is 2.67 bits per heavy atom. The molecule has 0 aromatic heterocycles. The molecule has 0 spiro atoms. The Balaban J connectivity index is 2.56. The van der Waals surface area contributed by atoms with Crippen LogP contribution in [0.5, 0.6) is 0 Å². The van der Waals surface area contributed by atoms with Crippen LogP contribution in [0.15, 0.2) is 11.6 Å². The van der Waals surface area contributed by atoms with Crippen molar-refractivity contribution in [1.82, 2.24) is 0 Å². The molecule has 0 fully saturated rings. The monoisotopic (exact) mass is 170 g/mol. The van der Waals surface area contributed by atoms with Crippen LogP contribution in [0, 0.1) is 5.92 Å². The average Bonchev–Trinajstić information content (AvgIpc) is 2.05. The molecule has 0 aromatic rings. The molecule has 0 saturated heterocycles. The first-order valence-corrected chi connectivity index (χ1v) is 4.54. The molecule has 1 aliphatic rings. The standard InChI is InChI=1S/C10H18O2/c1-8-4-6-9(7-5-8)10(2,3)12-11/h4,9,11H,5-7H2,1-3H3. The molecule has 1 N–H and O–H groups in total. The summed E-state index contributed by atoms with van der Waals surface area (Å²) in [6.07, 6.45) is 5.53. The topological polar surface area (TPSA) is 29.5 Å². The van der Waals surface area contributed by atoms with Crippen LogP contribution in [0.4, 0.5) is 0 Å². The van der Waals surface area contributed by atoms with Gasteiger partial charge in [-0.05, 0) is 46.0 Å². The summed E-state index contributed by atoms with van der Waals surface area (Å²) in [4.78, 5) is 4.48. The Hall–Kier alpha value is -0.340. The van der Waals surface area contributed by atoms with Crippen molar-refractivity contribution < 1.29 is 10.1 Å². The first kappa shape index (κ1) is 9.75. The maximum Gasteiger partial charge on any atom is 0.101 e. The lowest BCUT2D eigenvalue weighted by molar-refractivity contribution is -0.327. The van der Waals surface area contributed by atoms with E-state index >= 15 is 0 Å². The number of hydrogen-bond acceptors (Lipinski definition) is 2. The number of hydrogen-bond donors (Lipinski definition) is 1. The number of rotatable bonds is 2. The van der Waals surface area contributed by atoms with Gasteiger partial charge in [0.2, 0.25) is 0 Å². The van der Waals surface area contributed by atoms with E-state index < -0.39 is 5.60 Å². The lowest BCUT2D eigenvalue weighted by Gasteiger charge is -2.32. The van der Waals surface area contributed by atoms with Gasteiger partial charge in [0.15, 0.2) is 0 Å². The SMILES string of the molecule is CC1=CCC(C(C)(C)OO)CC1. The Kier molecular flexibility index (Phi) is 2.91. The van der Waals surface area contributed by atoms with Gasteiger partial charge in [-0.1, -0.05) is 11.6 Å². The van der Waals surface area contributed by atoms with Crippen molar-refractivity contribution in [3.63, 3.8) is 0 Å². The third-order valence-corrected chi connectivity index (χ3v) is 2.86. The molecule has 0 radical (unpaired) electrons. The van der Waals surface area contributed by atoms with Crippen LogP contribution in [0.25, 0.3) is 0 Å². The zero-order chi connectivity index (χ0) is 9.19. The van der Waals surface area contributed by atoms with E-state index in [9.17, 15) is 0 Å². The van der Waals surface area contributed by atoms with E-state index in [0.717, 1.165) is 19.3 Å². The van der Waals surface area contributed by atoms with Crippen LogP contribution in [0.1, 0.15) is 40.0 Å². The summed E-state index contributed by atoms with van der Waals surface area (Å²) < 4.78 is 0. The van der Waals surface area contributed by atoms with Crippen LogP contribution in [0.3, 0.4) is 0 Å². The van der Waals surface area contributed by atoms with Crippen molar-refractivity contribution in [3.05, 3.63) is 11.6 Å². The third kappa shape index (κ3) is 2.08. The van der Waals surface area contributed by atoms with E-state index in [0.29, 0.717) is 5.92 Å². The van der Waals surface area contributed by atoms with Gasteiger partial charge in [0, 0.05) is 0 Å². The highest BCUT2D eigenvalue weighted by Crippen LogP contribution is 2.33. The van der Waals surface area contributed by atoms with Crippen molar-refractivity contribution >= 4 is 0 Å². The summed E-state index contributed by atoms with van der Waals surface area (Å²) in [5, 5.41) is 8.69. The van der Waals surface area contributed by atoms with Gasteiger partial charge in [0.1, 0.15) is 5.60 Å². The van der Waals surface area contributed by atoms with Crippen LogP contribution in [-0.2, 0) is 4.89 Å². The normalized spacial score (nSPS) is 25.3. The van der Waals surface area contributed by atoms with E-state index in [1.807, 2.05) is 13.8 Å². The van der Waals surface area contributed by atoms with Gasteiger partial charge in [-0.25, -0.2) is 4.89 Å². The lowest BCUT2D eigenvalue weighted by Crippen LogP contribution is -2.34. The zero-order valence-corrected chi connectivity index (χ0v) is 8.13. The zero-order valence-electron chi connectivity index (χ0n) is 8.13. The second-order valence-corrected chi connectivity index (χ2v) is 4.22. The van der Waals surface area contributed by atoms with Gasteiger partial charge in [-0.2, -0.15) is 0 Å². The molecule has 1 unspecified atom stereocenters. The van der Waals surface area contributed by atoms with Gasteiger partial charge in [0.25, 0.3) is 0 Å². The molecular weight excluding hydrogens is 152 g/mol. The molecular formula is C10H18O2. The summed E-state index contributed by atoms with van der Waals surface area (Å²) >= 11 is 0. The Bertz CT molecular complexity index is 182. The molecule has 0 aliphatic heterocycles. The van der Waals surface area contributed by atoms with Crippen molar-refractivity contribution in [2.24, 2.45) is 5.92 Å². The van der Waals surface area contributed by atoms with E-state index in [-0.39, 0.29) is 0 Å². The largest absolute Gasteiger partial charge is 0.251 e. The molecule has 0 saturated carbocycles. The first-order valence-electron chi connectivity index (χ1n) is 4.54. The van der Waals surface area contributed by atoms with Crippen LogP contribution < -0.4 is 0 Å². The third-order valence-electron chi connectivity index (χ3n) is 2.86. The minimum Gasteiger partial charge on any atom is -0.251 e. The summed E-state index contributed by atoms with van der Waals surface area (Å²) in [5.74, 6) is 0.450. The quantitative estimate of drug-likeness (QED) is 0.392. The predicted molar refractivity (Wildman–Crippen MR) is 48.9 cm³/mol. The molecule has 0 amide bonds. The molecule has 0 heterocycles. The van der Waals surface area contributed by atoms with Gasteiger partial charge >= 0.3 is 0 Å². The second kappa shape index (κ2) is 3.58. The highest BCUT2D eigenvalue weighted by atomic mass is 17.1. The number of allylic oxidation sites excluding steroid dienone is 2. The molecule has 2 nitrogen and oxygen atoms in total. The first-order chi connectivity index (χ1) is 5.56. The minimum absolute atomic E-state index is 0.392. The van der Waals surface area contributed by atoms with Crippen molar-refractivity contribution in [1.29, 1.82) is 0 Å². The molecule has 0 bridgehead atoms. The predicted octanol–water partition coefficient (Wildman–Crippen LogP) is 3.00. The van der Waals surface area contributed by atoms with Gasteiger partial charge in [-0.15, -0.1) is 0 Å². The summed E-state index contributed by atoms with van der Waals surface area (Å²) in [5.41, 5.74) is 1.07. The van der Waals surface area contributed by atoms with Gasteiger partial charge < -0.3 is 0 Å². The van der Waals surface area contributed by atoms with E-state index in [1.165, 1.54) is 5.57 Å². The molecule has 1 aliphatic carbocycles. The van der Waals surface area contributed by atoms with Crippen LogP contribution in [0.2, 0.25) is 0 Å². The summed E-state index contributed by atoms with van der Waals surface area (Å²) in [6, 6.07) is 0. The smallest absolute Gasteiger partial charge is 0.101 e. The average molecular weight is 170 g/mol. The minimum atomic E-state index is -0.392. The van der Waals surface area contributed by atoms with E-state index in [1.54, 1.807) is 0 Å². The molecule has 1 atom stereocenters. The van der Waals surface area contributed by atoms with Gasteiger partial charge in [0.05, 0.1) is 0 Å². The Morgan fingerprint density at radius 2 is 2.25 bits per heavy atom. The fourth-order valence-corrected chi connectivity index (χ4v) is 1.67. The Morgan fingerprint density at radius 1 is 1.58 bits per heavy atom. The summed E-state index contributed by atoms with van der Waals surface area (Å²) in [6.45, 7) is 6.03. The molecule has 2 heteroatoms. The fourth-order valence-electron chi connectivity index (χ4n) is 1.67. The molecule has 0 aromatic carbocycles. The van der Waals surface area contributed by atoms with Crippen molar-refractivity contribution in [2.75, 3.05) is 0 Å². The fraction of sp³-hybridized carbons (Fsp3) is 0.800. The van der Waals surface area contributed by atoms with Crippen LogP contribution in [-0.4, -0.2) is 10.9 Å². The Labute approximate surface area is 74.2 Å². The highest BCUT2D eigenvalue weighted by molar-refractivity contribution is 5.05. The summed E-state index contributed by atoms with van der Waals surface area (Å²) in [7, 11) is 0. The lowest BCUT2D eigenvalue weighted by atomic mass is 9.80. The van der Waals surface area contributed by atoms with E-state index in [4.69, 9.17) is 5.26 Å². The second-order valence-electron chi connectivity index (χ2n) is 4.22. The van der Waals surface area contributed by atoms with E-state index in [2.05, 4.69) is 17.9 Å². The molecule has 12 heavy (non-hydrogen) atoms. The van der Waals surface area contributed by atoms with Crippen LogP contribution >= 0.6 is 0 Å². The molecule has 70 valence electrons. The highest BCUT2D eigenvalue weighted by Gasteiger charge is 2.31. The van der Waals surface area contributed by atoms with Crippen molar-refractivity contribution in [3.8, 4) is 0 Å². The molecule has 1 rings (SSSR count). The maximum atomic E-state index is 8.69. The van der Waals surface area contributed by atoms with Gasteiger partial charge in [-0.3, -0.25) is 5.26 Å². The maximum absolute atomic E-state index is 8.69. The van der Waals surface area contributed by atoms with Crippen molar-refractivity contribution in [2.45, 2.75) is 45.6 Å².